The Labute approximate surface area is 127 Å². The number of carbonyl (C=O) groups excluding carboxylic acids is 1. The minimum absolute atomic E-state index is 0.101. The van der Waals surface area contributed by atoms with Gasteiger partial charge in [-0.25, -0.2) is 0 Å². The third kappa shape index (κ3) is 4.74. The van der Waals surface area contributed by atoms with Gasteiger partial charge in [0.2, 0.25) is 0 Å². The number of carbonyl (C=O) groups is 1. The molecule has 1 saturated heterocycles. The third-order valence-corrected chi connectivity index (χ3v) is 3.92. The number of hydrogen-bond acceptors (Lipinski definition) is 3. The second-order valence-electron chi connectivity index (χ2n) is 5.67. The van der Waals surface area contributed by atoms with Crippen molar-refractivity contribution in [3.05, 3.63) is 29.8 Å². The van der Waals surface area contributed by atoms with Gasteiger partial charge in [0.15, 0.2) is 6.61 Å². The summed E-state index contributed by atoms with van der Waals surface area (Å²) in [6.45, 7) is 7.10. The van der Waals surface area contributed by atoms with Crippen LogP contribution in [0.4, 0.5) is 0 Å². The van der Waals surface area contributed by atoms with E-state index in [0.717, 1.165) is 44.6 Å². The van der Waals surface area contributed by atoms with E-state index >= 15 is 0 Å². The van der Waals surface area contributed by atoms with E-state index in [4.69, 9.17) is 4.74 Å². The zero-order valence-electron chi connectivity index (χ0n) is 13.1. The van der Waals surface area contributed by atoms with Gasteiger partial charge in [-0.2, -0.15) is 0 Å². The molecule has 0 aliphatic carbocycles. The molecule has 0 atom stereocenters. The first-order valence-corrected chi connectivity index (χ1v) is 7.90. The van der Waals surface area contributed by atoms with Crippen LogP contribution in [0.2, 0.25) is 0 Å². The summed E-state index contributed by atoms with van der Waals surface area (Å²) in [5.41, 5.74) is 1.19. The number of hydrogen-bond donors (Lipinski definition) is 1. The Balaban J connectivity index is 1.89. The summed E-state index contributed by atoms with van der Waals surface area (Å²) in [7, 11) is 0. The van der Waals surface area contributed by atoms with Crippen molar-refractivity contribution in [3.8, 4) is 5.75 Å². The number of nitrogens with zero attached hydrogens (tertiary/aromatic N) is 1. The number of rotatable bonds is 6. The van der Waals surface area contributed by atoms with Crippen LogP contribution in [-0.4, -0.2) is 43.1 Å². The number of piperidine rings is 1. The van der Waals surface area contributed by atoms with Crippen LogP contribution < -0.4 is 10.1 Å². The molecule has 1 aromatic rings. The van der Waals surface area contributed by atoms with Crippen molar-refractivity contribution in [3.63, 3.8) is 0 Å². The van der Waals surface area contributed by atoms with Gasteiger partial charge >= 0.3 is 0 Å². The fourth-order valence-corrected chi connectivity index (χ4v) is 2.73. The largest absolute Gasteiger partial charge is 0.484 e. The Kier molecular flexibility index (Phi) is 6.05. The van der Waals surface area contributed by atoms with Gasteiger partial charge in [-0.15, -0.1) is 0 Å². The van der Waals surface area contributed by atoms with E-state index in [2.05, 4.69) is 12.2 Å². The van der Waals surface area contributed by atoms with E-state index in [9.17, 15) is 4.79 Å². The Morgan fingerprint density at radius 3 is 2.57 bits per heavy atom. The summed E-state index contributed by atoms with van der Waals surface area (Å²) in [5.74, 6) is 0.861. The third-order valence-electron chi connectivity index (χ3n) is 3.92. The van der Waals surface area contributed by atoms with Crippen LogP contribution in [0.25, 0.3) is 0 Å². The van der Waals surface area contributed by atoms with Crippen molar-refractivity contribution in [1.82, 2.24) is 10.2 Å². The van der Waals surface area contributed by atoms with Gasteiger partial charge in [0.1, 0.15) is 5.75 Å². The zero-order valence-corrected chi connectivity index (χ0v) is 13.1. The van der Waals surface area contributed by atoms with E-state index in [-0.39, 0.29) is 12.5 Å². The van der Waals surface area contributed by atoms with Crippen molar-refractivity contribution < 1.29 is 9.53 Å². The van der Waals surface area contributed by atoms with Gasteiger partial charge in [0.05, 0.1) is 0 Å². The fourth-order valence-electron chi connectivity index (χ4n) is 2.73. The summed E-state index contributed by atoms with van der Waals surface area (Å²) < 4.78 is 5.63. The lowest BCUT2D eigenvalue weighted by molar-refractivity contribution is -0.136. The van der Waals surface area contributed by atoms with Crippen LogP contribution in [0.1, 0.15) is 31.7 Å². The molecular formula is C17H26N2O2. The molecule has 1 N–H and O–H groups in total. The van der Waals surface area contributed by atoms with E-state index in [1.165, 1.54) is 5.56 Å². The van der Waals surface area contributed by atoms with Crippen LogP contribution in [0.5, 0.6) is 5.75 Å². The Hall–Kier alpha value is -1.55. The first kappa shape index (κ1) is 15.8. The first-order valence-electron chi connectivity index (χ1n) is 7.90. The van der Waals surface area contributed by atoms with Gasteiger partial charge in [0.25, 0.3) is 5.91 Å². The van der Waals surface area contributed by atoms with E-state index in [0.29, 0.717) is 6.04 Å². The number of nitrogens with one attached hydrogen (secondary N) is 1. The monoisotopic (exact) mass is 290 g/mol. The normalized spacial score (nSPS) is 15.7. The fraction of sp³-hybridized carbons (Fsp3) is 0.588. The van der Waals surface area contributed by atoms with Gasteiger partial charge in [-0.05, 0) is 51.4 Å². The van der Waals surface area contributed by atoms with E-state index < -0.39 is 0 Å². The molecule has 4 heteroatoms. The highest BCUT2D eigenvalue weighted by atomic mass is 16.5. The molecule has 1 heterocycles. The van der Waals surface area contributed by atoms with E-state index in [1.807, 2.05) is 36.1 Å². The second kappa shape index (κ2) is 8.03. The molecule has 1 fully saturated rings. The Morgan fingerprint density at radius 2 is 1.95 bits per heavy atom. The van der Waals surface area contributed by atoms with Crippen LogP contribution in [0, 0.1) is 6.92 Å². The summed E-state index contributed by atoms with van der Waals surface area (Å²) in [4.78, 5) is 14.5. The maximum atomic E-state index is 12.5. The molecule has 1 aromatic carbocycles. The van der Waals surface area contributed by atoms with Crippen molar-refractivity contribution in [2.45, 2.75) is 39.2 Å². The second-order valence-corrected chi connectivity index (χ2v) is 5.67. The molecule has 0 aromatic heterocycles. The van der Waals surface area contributed by atoms with Crippen LogP contribution in [0.3, 0.4) is 0 Å². The Bertz CT molecular complexity index is 439. The van der Waals surface area contributed by atoms with Gasteiger partial charge in [-0.1, -0.05) is 24.6 Å². The topological polar surface area (TPSA) is 41.6 Å². The first-order chi connectivity index (χ1) is 10.2. The molecule has 0 radical (unpaired) electrons. The molecule has 116 valence electrons. The lowest BCUT2D eigenvalue weighted by atomic mass is 10.0. The minimum atomic E-state index is 0.101. The minimum Gasteiger partial charge on any atom is -0.484 e. The zero-order chi connectivity index (χ0) is 15.1. The SMILES string of the molecule is CCCN(C(=O)COc1ccc(C)cc1)C1CCNCC1. The molecule has 2 rings (SSSR count). The quantitative estimate of drug-likeness (QED) is 0.874. The summed E-state index contributed by atoms with van der Waals surface area (Å²) in [6, 6.07) is 8.18. The number of amides is 1. The van der Waals surface area contributed by atoms with Crippen LogP contribution in [0.15, 0.2) is 24.3 Å². The predicted molar refractivity (Wildman–Crippen MR) is 84.6 cm³/mol. The smallest absolute Gasteiger partial charge is 0.260 e. The number of benzene rings is 1. The van der Waals surface area contributed by atoms with Gasteiger partial charge in [0, 0.05) is 12.6 Å². The maximum absolute atomic E-state index is 12.5. The molecule has 0 saturated carbocycles. The summed E-state index contributed by atoms with van der Waals surface area (Å²) >= 11 is 0. The molecular weight excluding hydrogens is 264 g/mol. The number of aryl methyl sites for hydroxylation is 1. The number of ether oxygens (including phenoxy) is 1. The van der Waals surface area contributed by atoms with Crippen molar-refractivity contribution in [2.75, 3.05) is 26.2 Å². The van der Waals surface area contributed by atoms with Gasteiger partial charge in [-0.3, -0.25) is 4.79 Å². The lowest BCUT2D eigenvalue weighted by Crippen LogP contribution is -2.48. The van der Waals surface area contributed by atoms with Gasteiger partial charge < -0.3 is 15.0 Å². The lowest BCUT2D eigenvalue weighted by Gasteiger charge is -2.34. The maximum Gasteiger partial charge on any atom is 0.260 e. The predicted octanol–water partition coefficient (Wildman–Crippen LogP) is 2.36. The van der Waals surface area contributed by atoms with Crippen molar-refractivity contribution in [1.29, 1.82) is 0 Å². The standard InChI is InChI=1S/C17H26N2O2/c1-3-12-19(15-8-10-18-11-9-15)17(20)13-21-16-6-4-14(2)5-7-16/h4-7,15,18H,3,8-13H2,1-2H3. The molecule has 1 aliphatic rings. The van der Waals surface area contributed by atoms with E-state index in [1.54, 1.807) is 0 Å². The highest BCUT2D eigenvalue weighted by Gasteiger charge is 2.24. The molecule has 0 unspecified atom stereocenters. The van der Waals surface area contributed by atoms with Crippen molar-refractivity contribution in [2.24, 2.45) is 0 Å². The highest BCUT2D eigenvalue weighted by molar-refractivity contribution is 5.78. The summed E-state index contributed by atoms with van der Waals surface area (Å²) in [5, 5.41) is 3.34. The molecule has 1 amide bonds. The van der Waals surface area contributed by atoms with Crippen LogP contribution >= 0.6 is 0 Å². The average molecular weight is 290 g/mol. The highest BCUT2D eigenvalue weighted by Crippen LogP contribution is 2.15. The molecule has 0 bridgehead atoms. The van der Waals surface area contributed by atoms with Crippen molar-refractivity contribution >= 4 is 5.91 Å². The molecule has 1 aliphatic heterocycles. The molecule has 4 nitrogen and oxygen atoms in total. The summed E-state index contributed by atoms with van der Waals surface area (Å²) in [6.07, 6.45) is 3.06. The average Bonchev–Trinajstić information content (AvgIpc) is 2.52. The van der Waals surface area contributed by atoms with Crippen LogP contribution in [-0.2, 0) is 4.79 Å². The molecule has 21 heavy (non-hydrogen) atoms. The molecule has 0 spiro atoms. The Morgan fingerprint density at radius 1 is 1.29 bits per heavy atom.